The van der Waals surface area contributed by atoms with Gasteiger partial charge in [0.25, 0.3) is 0 Å². The number of fused-ring (bicyclic) bond motifs is 1. The summed E-state index contributed by atoms with van der Waals surface area (Å²) in [4.78, 5) is 44.3. The maximum atomic E-state index is 11.6. The van der Waals surface area contributed by atoms with E-state index in [-0.39, 0.29) is 12.3 Å². The van der Waals surface area contributed by atoms with E-state index >= 15 is 0 Å². The summed E-state index contributed by atoms with van der Waals surface area (Å²) in [5.41, 5.74) is 2.21. The van der Waals surface area contributed by atoms with Gasteiger partial charge in [-0.05, 0) is 57.6 Å². The van der Waals surface area contributed by atoms with Gasteiger partial charge in [0.1, 0.15) is 0 Å². The van der Waals surface area contributed by atoms with Crippen molar-refractivity contribution in [3.05, 3.63) is 40.8 Å². The van der Waals surface area contributed by atoms with Crippen LogP contribution < -0.4 is 21.6 Å². The SMILES string of the molecule is C=C(C)C(=O)OCCCNc1nc(NCCCN(CC)CC)nc(Nc2ccc3[nH]c(=O)[nH]c3c2)n1. The van der Waals surface area contributed by atoms with E-state index in [0.29, 0.717) is 59.6 Å². The Morgan fingerprint density at radius 2 is 1.64 bits per heavy atom. The number of ether oxygens (including phenoxy) is 1. The monoisotopic (exact) mass is 497 g/mol. The minimum absolute atomic E-state index is 0.264. The van der Waals surface area contributed by atoms with Crippen LogP contribution in [0.25, 0.3) is 11.0 Å². The topological polar surface area (TPSA) is 153 Å². The molecule has 2 heterocycles. The number of carbonyl (C=O) groups excluding carboxylic acids is 1. The lowest BCUT2D eigenvalue weighted by Gasteiger charge is -2.17. The third-order valence-electron chi connectivity index (χ3n) is 5.42. The Hall–Kier alpha value is -3.93. The van der Waals surface area contributed by atoms with Crippen molar-refractivity contribution < 1.29 is 9.53 Å². The molecule has 0 atom stereocenters. The highest BCUT2D eigenvalue weighted by Gasteiger charge is 2.09. The number of aromatic amines is 2. The molecule has 0 bridgehead atoms. The number of nitrogens with one attached hydrogen (secondary N) is 5. The highest BCUT2D eigenvalue weighted by Crippen LogP contribution is 2.19. The summed E-state index contributed by atoms with van der Waals surface area (Å²) in [6.07, 6.45) is 1.53. The van der Waals surface area contributed by atoms with E-state index in [9.17, 15) is 9.59 Å². The summed E-state index contributed by atoms with van der Waals surface area (Å²) in [6, 6.07) is 5.43. The van der Waals surface area contributed by atoms with E-state index in [1.54, 1.807) is 19.1 Å². The van der Waals surface area contributed by atoms with Crippen molar-refractivity contribution in [3.63, 3.8) is 0 Å². The van der Waals surface area contributed by atoms with Gasteiger partial charge in [0, 0.05) is 24.4 Å². The van der Waals surface area contributed by atoms with Gasteiger partial charge in [0.15, 0.2) is 0 Å². The van der Waals surface area contributed by atoms with Gasteiger partial charge in [0.05, 0.1) is 17.6 Å². The van der Waals surface area contributed by atoms with Gasteiger partial charge in [-0.15, -0.1) is 0 Å². The predicted octanol–water partition coefficient (Wildman–Crippen LogP) is 2.85. The fraction of sp³-hybridized carbons (Fsp3) is 0.458. The number of rotatable bonds is 15. The van der Waals surface area contributed by atoms with Gasteiger partial charge in [-0.1, -0.05) is 20.4 Å². The standard InChI is InChI=1S/C24H35N9O3/c1-5-33(6-2)13-7-11-25-21-30-22(26-12-8-14-36-20(34)16(3)4)32-23(31-21)27-17-9-10-18-19(15-17)29-24(35)28-18/h9-10,15H,3,5-8,11-14H2,1-2,4H3,(H2,28,29,35)(H3,25,26,27,30,31,32). The molecule has 36 heavy (non-hydrogen) atoms. The third kappa shape index (κ3) is 8.08. The Bertz CT molecular complexity index is 1220. The van der Waals surface area contributed by atoms with Crippen molar-refractivity contribution in [2.24, 2.45) is 0 Å². The lowest BCUT2D eigenvalue weighted by atomic mass is 10.3. The van der Waals surface area contributed by atoms with Crippen LogP contribution in [-0.2, 0) is 9.53 Å². The number of imidazole rings is 1. The molecule has 0 amide bonds. The largest absolute Gasteiger partial charge is 0.462 e. The van der Waals surface area contributed by atoms with Crippen LogP contribution in [0.4, 0.5) is 23.5 Å². The van der Waals surface area contributed by atoms with E-state index in [0.717, 1.165) is 26.1 Å². The first-order valence-corrected chi connectivity index (χ1v) is 12.2. The fourth-order valence-electron chi connectivity index (χ4n) is 3.43. The zero-order chi connectivity index (χ0) is 25.9. The molecule has 194 valence electrons. The summed E-state index contributed by atoms with van der Waals surface area (Å²) in [7, 11) is 0. The van der Waals surface area contributed by atoms with Gasteiger partial charge in [0.2, 0.25) is 17.8 Å². The van der Waals surface area contributed by atoms with Crippen molar-refractivity contribution in [3.8, 4) is 0 Å². The molecule has 0 aliphatic rings. The predicted molar refractivity (Wildman–Crippen MR) is 142 cm³/mol. The smallest absolute Gasteiger partial charge is 0.333 e. The molecule has 12 heteroatoms. The number of H-pyrrole nitrogens is 2. The molecule has 2 aromatic heterocycles. The maximum absolute atomic E-state index is 11.6. The lowest BCUT2D eigenvalue weighted by Crippen LogP contribution is -2.25. The van der Waals surface area contributed by atoms with Crippen molar-refractivity contribution in [1.82, 2.24) is 29.8 Å². The second-order valence-corrected chi connectivity index (χ2v) is 8.27. The molecule has 12 nitrogen and oxygen atoms in total. The van der Waals surface area contributed by atoms with Crippen LogP contribution >= 0.6 is 0 Å². The Balaban J connectivity index is 1.66. The first kappa shape index (κ1) is 26.7. The van der Waals surface area contributed by atoms with Gasteiger partial charge >= 0.3 is 11.7 Å². The number of benzene rings is 1. The quantitative estimate of drug-likeness (QED) is 0.120. The Morgan fingerprint density at radius 3 is 2.31 bits per heavy atom. The second-order valence-electron chi connectivity index (χ2n) is 8.27. The Labute approximate surface area is 210 Å². The van der Waals surface area contributed by atoms with Crippen LogP contribution in [0.1, 0.15) is 33.6 Å². The van der Waals surface area contributed by atoms with E-state index in [4.69, 9.17) is 4.74 Å². The molecule has 0 saturated heterocycles. The highest BCUT2D eigenvalue weighted by molar-refractivity contribution is 5.86. The Morgan fingerprint density at radius 1 is 1.00 bits per heavy atom. The Kier molecular flexibility index (Phi) is 9.81. The summed E-state index contributed by atoms with van der Waals surface area (Å²) in [6.45, 7) is 14.0. The van der Waals surface area contributed by atoms with E-state index in [1.807, 2.05) is 6.07 Å². The number of hydrogen-bond donors (Lipinski definition) is 5. The minimum atomic E-state index is -0.404. The molecular formula is C24H35N9O3. The zero-order valence-corrected chi connectivity index (χ0v) is 21.1. The second kappa shape index (κ2) is 13.2. The number of nitrogens with zero attached hydrogens (tertiary/aromatic N) is 4. The van der Waals surface area contributed by atoms with Gasteiger partial charge < -0.3 is 35.6 Å². The van der Waals surface area contributed by atoms with Crippen molar-refractivity contribution in [2.75, 3.05) is 55.3 Å². The molecule has 5 N–H and O–H groups in total. The normalized spacial score (nSPS) is 11.0. The number of anilines is 4. The first-order valence-electron chi connectivity index (χ1n) is 12.2. The van der Waals surface area contributed by atoms with Crippen molar-refractivity contribution >= 4 is 40.5 Å². The van der Waals surface area contributed by atoms with E-state index in [1.165, 1.54) is 0 Å². The molecular weight excluding hydrogens is 462 g/mol. The highest BCUT2D eigenvalue weighted by atomic mass is 16.5. The van der Waals surface area contributed by atoms with Crippen LogP contribution in [-0.4, -0.2) is 75.1 Å². The van der Waals surface area contributed by atoms with Crippen LogP contribution in [0.5, 0.6) is 0 Å². The number of aromatic nitrogens is 5. The molecule has 0 fully saturated rings. The van der Waals surface area contributed by atoms with Crippen LogP contribution in [0.2, 0.25) is 0 Å². The number of esters is 1. The van der Waals surface area contributed by atoms with Crippen molar-refractivity contribution in [1.29, 1.82) is 0 Å². The molecule has 0 radical (unpaired) electrons. The molecule has 3 rings (SSSR count). The molecule has 0 spiro atoms. The fourth-order valence-corrected chi connectivity index (χ4v) is 3.43. The summed E-state index contributed by atoms with van der Waals surface area (Å²) in [5, 5.41) is 9.61. The summed E-state index contributed by atoms with van der Waals surface area (Å²) >= 11 is 0. The number of hydrogen-bond acceptors (Lipinski definition) is 10. The molecule has 0 aliphatic carbocycles. The zero-order valence-electron chi connectivity index (χ0n) is 21.1. The average Bonchev–Trinajstić information content (AvgIpc) is 3.23. The summed E-state index contributed by atoms with van der Waals surface area (Å²) in [5.74, 6) is 0.781. The average molecular weight is 498 g/mol. The van der Waals surface area contributed by atoms with Gasteiger partial charge in [-0.25, -0.2) is 9.59 Å². The molecule has 0 unspecified atom stereocenters. The first-order chi connectivity index (χ1) is 17.4. The van der Waals surface area contributed by atoms with Crippen molar-refractivity contribution in [2.45, 2.75) is 33.6 Å². The lowest BCUT2D eigenvalue weighted by molar-refractivity contribution is -0.138. The van der Waals surface area contributed by atoms with Crippen LogP contribution in [0.15, 0.2) is 35.1 Å². The molecule has 3 aromatic rings. The third-order valence-corrected chi connectivity index (χ3v) is 5.42. The van der Waals surface area contributed by atoms with Gasteiger partial charge in [-0.3, -0.25) is 0 Å². The van der Waals surface area contributed by atoms with Crippen LogP contribution in [0.3, 0.4) is 0 Å². The maximum Gasteiger partial charge on any atom is 0.333 e. The molecule has 0 aliphatic heterocycles. The molecule has 0 saturated carbocycles. The minimum Gasteiger partial charge on any atom is -0.462 e. The number of carbonyl (C=O) groups is 1. The van der Waals surface area contributed by atoms with Crippen LogP contribution in [0, 0.1) is 0 Å². The van der Waals surface area contributed by atoms with E-state index < -0.39 is 5.97 Å². The summed E-state index contributed by atoms with van der Waals surface area (Å²) < 4.78 is 5.12. The van der Waals surface area contributed by atoms with Gasteiger partial charge in [-0.2, -0.15) is 15.0 Å². The molecule has 1 aromatic carbocycles. The van der Waals surface area contributed by atoms with E-state index in [2.05, 4.69) is 66.2 Å².